The summed E-state index contributed by atoms with van der Waals surface area (Å²) in [5.74, 6) is -1.44. The fourth-order valence-electron chi connectivity index (χ4n) is 1.83. The largest absolute Gasteiger partial charge is 0.465 e. The predicted octanol–water partition coefficient (Wildman–Crippen LogP) is 1.49. The molecule has 8 heteroatoms. The Kier molecular flexibility index (Phi) is 5.56. The molecule has 0 atom stereocenters. The fourth-order valence-corrected chi connectivity index (χ4v) is 1.83. The van der Waals surface area contributed by atoms with Crippen LogP contribution in [0.3, 0.4) is 0 Å². The van der Waals surface area contributed by atoms with Gasteiger partial charge >= 0.3 is 5.97 Å². The van der Waals surface area contributed by atoms with E-state index in [2.05, 4.69) is 15.0 Å². The zero-order chi connectivity index (χ0) is 15.9. The normalized spacial score (nSPS) is 10.7. The minimum atomic E-state index is -0.765. The van der Waals surface area contributed by atoms with Crippen LogP contribution in [-0.4, -0.2) is 48.4 Å². The second-order valence-corrected chi connectivity index (χ2v) is 4.33. The van der Waals surface area contributed by atoms with Crippen LogP contribution >= 0.6 is 0 Å². The predicted molar refractivity (Wildman–Crippen MR) is 74.6 cm³/mol. The Morgan fingerprint density at radius 1 is 1.32 bits per heavy atom. The second kappa shape index (κ2) is 7.62. The summed E-state index contributed by atoms with van der Waals surface area (Å²) in [5, 5.41) is 7.80. The Morgan fingerprint density at radius 2 is 2.14 bits per heavy atom. The highest BCUT2D eigenvalue weighted by atomic mass is 19.1. The molecule has 0 aliphatic carbocycles. The summed E-state index contributed by atoms with van der Waals surface area (Å²) >= 11 is 0. The van der Waals surface area contributed by atoms with Crippen LogP contribution in [0.1, 0.15) is 10.4 Å². The molecule has 0 radical (unpaired) electrons. The van der Waals surface area contributed by atoms with Crippen LogP contribution in [0, 0.1) is 5.82 Å². The lowest BCUT2D eigenvalue weighted by Gasteiger charge is -2.06. The van der Waals surface area contributed by atoms with E-state index in [1.165, 1.54) is 23.9 Å². The lowest BCUT2D eigenvalue weighted by molar-refractivity contribution is 0.0281. The molecule has 0 aliphatic rings. The molecule has 0 saturated heterocycles. The van der Waals surface area contributed by atoms with E-state index in [-0.39, 0.29) is 12.3 Å². The first-order valence-corrected chi connectivity index (χ1v) is 6.51. The third-order valence-corrected chi connectivity index (χ3v) is 2.87. The first kappa shape index (κ1) is 16.1. The van der Waals surface area contributed by atoms with Gasteiger partial charge in [-0.2, -0.15) is 0 Å². The maximum absolute atomic E-state index is 13.9. The summed E-state index contributed by atoms with van der Waals surface area (Å²) in [6, 6.07) is 4.26. The summed E-state index contributed by atoms with van der Waals surface area (Å²) < 4.78 is 30.1. The second-order valence-electron chi connectivity index (χ2n) is 4.33. The van der Waals surface area contributed by atoms with E-state index in [1.807, 2.05) is 0 Å². The topological polar surface area (TPSA) is 75.5 Å². The van der Waals surface area contributed by atoms with Crippen LogP contribution < -0.4 is 0 Å². The van der Waals surface area contributed by atoms with Crippen molar-refractivity contribution in [3.05, 3.63) is 35.8 Å². The molecule has 0 bridgehead atoms. The molecule has 1 heterocycles. The highest BCUT2D eigenvalue weighted by molar-refractivity contribution is 5.96. The molecule has 7 nitrogen and oxygen atoms in total. The van der Waals surface area contributed by atoms with Gasteiger partial charge in [0.25, 0.3) is 0 Å². The van der Waals surface area contributed by atoms with Crippen molar-refractivity contribution >= 4 is 5.97 Å². The number of methoxy groups -OCH3 is 2. The van der Waals surface area contributed by atoms with Gasteiger partial charge in [0.05, 0.1) is 26.5 Å². The van der Waals surface area contributed by atoms with Gasteiger partial charge in [0.2, 0.25) is 0 Å². The zero-order valence-corrected chi connectivity index (χ0v) is 12.3. The van der Waals surface area contributed by atoms with Crippen LogP contribution in [0.5, 0.6) is 0 Å². The maximum atomic E-state index is 13.9. The fraction of sp³-hybridized carbons (Fsp3) is 0.357. The minimum absolute atomic E-state index is 0.169. The van der Waals surface area contributed by atoms with E-state index in [9.17, 15) is 9.18 Å². The number of esters is 1. The van der Waals surface area contributed by atoms with Crippen LogP contribution in [-0.2, 0) is 20.9 Å². The molecule has 0 N–H and O–H groups in total. The third-order valence-electron chi connectivity index (χ3n) is 2.87. The highest BCUT2D eigenvalue weighted by Crippen LogP contribution is 2.24. The molecule has 1 aromatic carbocycles. The number of ether oxygens (including phenoxy) is 3. The lowest BCUT2D eigenvalue weighted by atomic mass is 10.0. The SMILES string of the molecule is COCCOCn1cc(-c2cccc(F)c2C(=O)OC)nn1. The Hall–Kier alpha value is -2.32. The monoisotopic (exact) mass is 309 g/mol. The molecule has 0 fully saturated rings. The number of hydrogen-bond acceptors (Lipinski definition) is 6. The lowest BCUT2D eigenvalue weighted by Crippen LogP contribution is -2.07. The molecule has 0 unspecified atom stereocenters. The van der Waals surface area contributed by atoms with E-state index < -0.39 is 11.8 Å². The summed E-state index contributed by atoms with van der Waals surface area (Å²) in [4.78, 5) is 11.7. The minimum Gasteiger partial charge on any atom is -0.465 e. The number of aromatic nitrogens is 3. The van der Waals surface area contributed by atoms with Gasteiger partial charge in [0, 0.05) is 12.7 Å². The van der Waals surface area contributed by atoms with Gasteiger partial charge in [0.15, 0.2) is 0 Å². The Balaban J connectivity index is 2.20. The van der Waals surface area contributed by atoms with Crippen LogP contribution in [0.4, 0.5) is 4.39 Å². The maximum Gasteiger partial charge on any atom is 0.341 e. The van der Waals surface area contributed by atoms with Gasteiger partial charge in [-0.1, -0.05) is 17.3 Å². The van der Waals surface area contributed by atoms with Crippen molar-refractivity contribution in [2.45, 2.75) is 6.73 Å². The Labute approximate surface area is 126 Å². The molecular weight excluding hydrogens is 293 g/mol. The van der Waals surface area contributed by atoms with Gasteiger partial charge < -0.3 is 14.2 Å². The van der Waals surface area contributed by atoms with Crippen molar-refractivity contribution in [3.63, 3.8) is 0 Å². The van der Waals surface area contributed by atoms with E-state index in [4.69, 9.17) is 9.47 Å². The van der Waals surface area contributed by atoms with Crippen molar-refractivity contribution in [2.75, 3.05) is 27.4 Å². The number of halogens is 1. The molecule has 0 spiro atoms. The van der Waals surface area contributed by atoms with Gasteiger partial charge in [-0.15, -0.1) is 5.10 Å². The summed E-state index contributed by atoms with van der Waals surface area (Å²) in [5.41, 5.74) is 0.502. The quantitative estimate of drug-likeness (QED) is 0.570. The van der Waals surface area contributed by atoms with Crippen molar-refractivity contribution in [2.24, 2.45) is 0 Å². The van der Waals surface area contributed by atoms with Crippen LogP contribution in [0.25, 0.3) is 11.3 Å². The number of carbonyl (C=O) groups excluding carboxylic acids is 1. The highest BCUT2D eigenvalue weighted by Gasteiger charge is 2.20. The van der Waals surface area contributed by atoms with Crippen molar-refractivity contribution < 1.29 is 23.4 Å². The van der Waals surface area contributed by atoms with Gasteiger partial charge in [0.1, 0.15) is 23.8 Å². The number of carbonyl (C=O) groups is 1. The molecule has 1 aromatic heterocycles. The Bertz CT molecular complexity index is 645. The molecule has 22 heavy (non-hydrogen) atoms. The average Bonchev–Trinajstić information content (AvgIpc) is 2.99. The van der Waals surface area contributed by atoms with E-state index >= 15 is 0 Å². The molecule has 118 valence electrons. The third kappa shape index (κ3) is 3.66. The van der Waals surface area contributed by atoms with Gasteiger partial charge in [-0.05, 0) is 6.07 Å². The first-order valence-electron chi connectivity index (χ1n) is 6.51. The molecule has 2 aromatic rings. The van der Waals surface area contributed by atoms with Crippen molar-refractivity contribution in [1.29, 1.82) is 0 Å². The van der Waals surface area contributed by atoms with Gasteiger partial charge in [-0.25, -0.2) is 13.9 Å². The number of rotatable bonds is 7. The van der Waals surface area contributed by atoms with E-state index in [1.54, 1.807) is 19.4 Å². The standard InChI is InChI=1S/C14H16FN3O4/c1-20-6-7-22-9-18-8-12(16-17-18)10-4-3-5-11(15)13(10)14(19)21-2/h3-5,8H,6-7,9H2,1-2H3. The van der Waals surface area contributed by atoms with Crippen molar-refractivity contribution in [1.82, 2.24) is 15.0 Å². The summed E-state index contributed by atoms with van der Waals surface area (Å²) in [6.07, 6.45) is 1.56. The van der Waals surface area contributed by atoms with Gasteiger partial charge in [-0.3, -0.25) is 0 Å². The smallest absolute Gasteiger partial charge is 0.341 e. The van der Waals surface area contributed by atoms with Crippen LogP contribution in [0.2, 0.25) is 0 Å². The first-order chi connectivity index (χ1) is 10.7. The molecule has 0 saturated carbocycles. The number of benzene rings is 1. The van der Waals surface area contributed by atoms with E-state index in [0.717, 1.165) is 0 Å². The Morgan fingerprint density at radius 3 is 2.86 bits per heavy atom. The molecule has 2 rings (SSSR count). The molecular formula is C14H16FN3O4. The summed E-state index contributed by atoms with van der Waals surface area (Å²) in [7, 11) is 2.77. The zero-order valence-electron chi connectivity index (χ0n) is 12.3. The summed E-state index contributed by atoms with van der Waals surface area (Å²) in [6.45, 7) is 1.07. The molecule has 0 amide bonds. The number of hydrogen-bond donors (Lipinski definition) is 0. The molecule has 0 aliphatic heterocycles. The average molecular weight is 309 g/mol. The van der Waals surface area contributed by atoms with Crippen LogP contribution in [0.15, 0.2) is 24.4 Å². The van der Waals surface area contributed by atoms with Crippen molar-refractivity contribution in [3.8, 4) is 11.3 Å². The number of nitrogens with zero attached hydrogens (tertiary/aromatic N) is 3. The van der Waals surface area contributed by atoms with E-state index in [0.29, 0.717) is 24.5 Å².